The maximum absolute atomic E-state index is 11.9. The number of ether oxygens (including phenoxy) is 4. The highest BCUT2D eigenvalue weighted by atomic mass is 32.2. The zero-order valence-electron chi connectivity index (χ0n) is 17.2. The Balaban J connectivity index is 1.88. The van der Waals surface area contributed by atoms with Gasteiger partial charge in [0.05, 0.1) is 12.7 Å². The molecule has 3 rings (SSSR count). The molecule has 0 amide bonds. The molecule has 1 saturated heterocycles. The van der Waals surface area contributed by atoms with Crippen LogP contribution in [0.15, 0.2) is 65.6 Å². The average molecular weight is 431 g/mol. The number of carbonyl (C=O) groups is 2. The van der Waals surface area contributed by atoms with Crippen LogP contribution < -0.4 is 0 Å². The number of carbonyl (C=O) groups excluding carboxylic acids is 2. The van der Waals surface area contributed by atoms with Gasteiger partial charge in [-0.1, -0.05) is 60.3 Å². The molecule has 0 aliphatic carbocycles. The quantitative estimate of drug-likeness (QED) is 0.616. The summed E-state index contributed by atoms with van der Waals surface area (Å²) in [4.78, 5) is 24.5. The van der Waals surface area contributed by atoms with E-state index in [0.29, 0.717) is 6.61 Å². The first kappa shape index (κ1) is 22.3. The molecule has 1 aliphatic heterocycles. The molecule has 6 nitrogen and oxygen atoms in total. The molecule has 1 heterocycles. The molecule has 160 valence electrons. The lowest BCUT2D eigenvalue weighted by Gasteiger charge is -2.44. The van der Waals surface area contributed by atoms with Crippen molar-refractivity contribution in [3.63, 3.8) is 0 Å². The predicted octanol–water partition coefficient (Wildman–Crippen LogP) is 3.97. The lowest BCUT2D eigenvalue weighted by molar-refractivity contribution is -0.232. The molecule has 0 bridgehead atoms. The summed E-state index contributed by atoms with van der Waals surface area (Å²) in [5.41, 5.74) is 0.521. The summed E-state index contributed by atoms with van der Waals surface area (Å²) < 4.78 is 23.5. The van der Waals surface area contributed by atoms with Crippen LogP contribution in [0.2, 0.25) is 0 Å². The standard InChI is InChI=1S/C23H26O6S/c1-15-20(28-16(2)24)21(29-17(3)25)22(26-14-18-10-6-4-7-11-18)23(27-15)30-19-12-8-5-9-13-19/h4-13,15,20-23H,14H2,1-3H3. The second kappa shape index (κ2) is 10.6. The third-order valence-electron chi connectivity index (χ3n) is 4.61. The van der Waals surface area contributed by atoms with Crippen molar-refractivity contribution < 1.29 is 28.5 Å². The van der Waals surface area contributed by atoms with E-state index < -0.39 is 41.8 Å². The van der Waals surface area contributed by atoms with Crippen molar-refractivity contribution in [2.45, 2.75) is 62.1 Å². The molecule has 1 aliphatic rings. The third kappa shape index (κ3) is 6.08. The van der Waals surface area contributed by atoms with Crippen LogP contribution in [0.25, 0.3) is 0 Å². The summed E-state index contributed by atoms with van der Waals surface area (Å²) >= 11 is 1.48. The zero-order valence-corrected chi connectivity index (χ0v) is 18.0. The van der Waals surface area contributed by atoms with E-state index in [0.717, 1.165) is 10.5 Å². The Morgan fingerprint density at radius 2 is 1.43 bits per heavy atom. The molecule has 0 spiro atoms. The summed E-state index contributed by atoms with van der Waals surface area (Å²) in [6.45, 7) is 4.76. The van der Waals surface area contributed by atoms with Crippen LogP contribution in [0.4, 0.5) is 0 Å². The fourth-order valence-electron chi connectivity index (χ4n) is 3.32. The van der Waals surface area contributed by atoms with E-state index in [9.17, 15) is 9.59 Å². The largest absolute Gasteiger partial charge is 0.456 e. The van der Waals surface area contributed by atoms with E-state index in [1.807, 2.05) is 60.7 Å². The molecule has 0 N–H and O–H groups in total. The normalized spacial score (nSPS) is 26.0. The number of esters is 2. The van der Waals surface area contributed by atoms with Gasteiger partial charge in [0.1, 0.15) is 11.5 Å². The smallest absolute Gasteiger partial charge is 0.303 e. The summed E-state index contributed by atoms with van der Waals surface area (Å²) in [5, 5.41) is 0. The maximum atomic E-state index is 11.9. The Bertz CT molecular complexity index is 828. The summed E-state index contributed by atoms with van der Waals surface area (Å²) in [7, 11) is 0. The van der Waals surface area contributed by atoms with E-state index in [4.69, 9.17) is 18.9 Å². The molecule has 0 aromatic heterocycles. The maximum Gasteiger partial charge on any atom is 0.303 e. The Morgan fingerprint density at radius 1 is 0.867 bits per heavy atom. The number of hydrogen-bond acceptors (Lipinski definition) is 7. The van der Waals surface area contributed by atoms with Gasteiger partial charge in [-0.15, -0.1) is 0 Å². The van der Waals surface area contributed by atoms with Crippen LogP contribution in [0.3, 0.4) is 0 Å². The van der Waals surface area contributed by atoms with E-state index in [-0.39, 0.29) is 0 Å². The third-order valence-corrected chi connectivity index (χ3v) is 5.77. The van der Waals surface area contributed by atoms with Crippen molar-refractivity contribution >= 4 is 23.7 Å². The van der Waals surface area contributed by atoms with Crippen LogP contribution in [-0.2, 0) is 35.1 Å². The van der Waals surface area contributed by atoms with Crippen molar-refractivity contribution in [2.75, 3.05) is 0 Å². The van der Waals surface area contributed by atoms with Gasteiger partial charge in [-0.05, 0) is 24.6 Å². The highest BCUT2D eigenvalue weighted by molar-refractivity contribution is 7.99. The van der Waals surface area contributed by atoms with Crippen LogP contribution >= 0.6 is 11.8 Å². The fraction of sp³-hybridized carbons (Fsp3) is 0.391. The minimum Gasteiger partial charge on any atom is -0.456 e. The van der Waals surface area contributed by atoms with Gasteiger partial charge in [-0.2, -0.15) is 0 Å². The lowest BCUT2D eigenvalue weighted by atomic mass is 10.00. The molecule has 2 aromatic carbocycles. The van der Waals surface area contributed by atoms with E-state index in [2.05, 4.69) is 0 Å². The predicted molar refractivity (Wildman–Crippen MR) is 113 cm³/mol. The van der Waals surface area contributed by atoms with Gasteiger partial charge in [0, 0.05) is 18.7 Å². The molecule has 30 heavy (non-hydrogen) atoms. The van der Waals surface area contributed by atoms with Crippen molar-refractivity contribution in [3.05, 3.63) is 66.2 Å². The summed E-state index contributed by atoms with van der Waals surface area (Å²) in [6, 6.07) is 19.5. The summed E-state index contributed by atoms with van der Waals surface area (Å²) in [5.74, 6) is -0.938. The van der Waals surface area contributed by atoms with Gasteiger partial charge in [0.15, 0.2) is 12.2 Å². The van der Waals surface area contributed by atoms with Crippen LogP contribution in [-0.4, -0.2) is 41.8 Å². The highest BCUT2D eigenvalue weighted by Gasteiger charge is 2.49. The van der Waals surface area contributed by atoms with Gasteiger partial charge < -0.3 is 18.9 Å². The zero-order chi connectivity index (χ0) is 21.5. The van der Waals surface area contributed by atoms with Crippen LogP contribution in [0.1, 0.15) is 26.3 Å². The second-order valence-electron chi connectivity index (χ2n) is 7.05. The molecule has 7 heteroatoms. The highest BCUT2D eigenvalue weighted by Crippen LogP contribution is 2.37. The number of hydrogen-bond donors (Lipinski definition) is 0. The molecular formula is C23H26O6S. The molecule has 0 radical (unpaired) electrons. The molecule has 2 aromatic rings. The molecule has 0 saturated carbocycles. The fourth-order valence-corrected chi connectivity index (χ4v) is 4.50. The van der Waals surface area contributed by atoms with E-state index in [1.54, 1.807) is 6.92 Å². The van der Waals surface area contributed by atoms with Gasteiger partial charge in [-0.25, -0.2) is 0 Å². The minimum atomic E-state index is -0.792. The Kier molecular flexibility index (Phi) is 7.90. The summed E-state index contributed by atoms with van der Waals surface area (Å²) in [6.07, 6.45) is -2.67. The Hall–Kier alpha value is -2.35. The van der Waals surface area contributed by atoms with E-state index >= 15 is 0 Å². The van der Waals surface area contributed by atoms with Gasteiger partial charge in [0.25, 0.3) is 0 Å². The number of rotatable bonds is 7. The topological polar surface area (TPSA) is 71.1 Å². The molecule has 1 fully saturated rings. The van der Waals surface area contributed by atoms with Gasteiger partial charge >= 0.3 is 11.9 Å². The first-order valence-electron chi connectivity index (χ1n) is 9.81. The number of benzene rings is 2. The Morgan fingerprint density at radius 3 is 2.03 bits per heavy atom. The molecule has 5 unspecified atom stereocenters. The van der Waals surface area contributed by atoms with Gasteiger partial charge in [0.2, 0.25) is 0 Å². The first-order chi connectivity index (χ1) is 14.4. The van der Waals surface area contributed by atoms with Gasteiger partial charge in [-0.3, -0.25) is 9.59 Å². The van der Waals surface area contributed by atoms with Crippen LogP contribution in [0, 0.1) is 0 Å². The van der Waals surface area contributed by atoms with Crippen molar-refractivity contribution in [3.8, 4) is 0 Å². The average Bonchev–Trinajstić information content (AvgIpc) is 2.71. The van der Waals surface area contributed by atoms with Crippen molar-refractivity contribution in [1.82, 2.24) is 0 Å². The lowest BCUT2D eigenvalue weighted by Crippen LogP contribution is -2.59. The van der Waals surface area contributed by atoms with Crippen molar-refractivity contribution in [1.29, 1.82) is 0 Å². The minimum absolute atomic E-state index is 0.305. The number of thioether (sulfide) groups is 1. The van der Waals surface area contributed by atoms with Crippen molar-refractivity contribution in [2.24, 2.45) is 0 Å². The van der Waals surface area contributed by atoms with Crippen LogP contribution in [0.5, 0.6) is 0 Å². The Labute approximate surface area is 180 Å². The SMILES string of the molecule is CC(=O)OC1C(C)OC(Sc2ccccc2)C(OCc2ccccc2)C1OC(C)=O. The first-order valence-corrected chi connectivity index (χ1v) is 10.7. The molecule has 5 atom stereocenters. The molecular weight excluding hydrogens is 404 g/mol. The second-order valence-corrected chi connectivity index (χ2v) is 8.22. The van der Waals surface area contributed by atoms with E-state index in [1.165, 1.54) is 25.6 Å². The monoisotopic (exact) mass is 430 g/mol.